The van der Waals surface area contributed by atoms with Crippen LogP contribution < -0.4 is 4.90 Å². The molecule has 1 aromatic rings. The van der Waals surface area contributed by atoms with Crippen molar-refractivity contribution in [3.63, 3.8) is 0 Å². The number of anilines is 1. The lowest BCUT2D eigenvalue weighted by Gasteiger charge is -2.16. The van der Waals surface area contributed by atoms with E-state index in [1.54, 1.807) is 4.90 Å². The first-order valence-electron chi connectivity index (χ1n) is 5.78. The number of hydrogen-bond acceptors (Lipinski definition) is 3. The van der Waals surface area contributed by atoms with Crippen molar-refractivity contribution in [2.45, 2.75) is 19.3 Å². The molecule has 0 atom stereocenters. The van der Waals surface area contributed by atoms with Gasteiger partial charge >= 0.3 is 0 Å². The van der Waals surface area contributed by atoms with Crippen molar-refractivity contribution >= 4 is 31.3 Å². The number of benzene rings is 1. The summed E-state index contributed by atoms with van der Waals surface area (Å²) in [6, 6.07) is 7.77. The van der Waals surface area contributed by atoms with Crippen LogP contribution in [-0.4, -0.2) is 26.6 Å². The van der Waals surface area contributed by atoms with Gasteiger partial charge in [-0.15, -0.1) is 0 Å². The molecule has 0 aromatic heterocycles. The van der Waals surface area contributed by atoms with Gasteiger partial charge in [0.25, 0.3) is 0 Å². The number of amides is 1. The fourth-order valence-corrected chi connectivity index (χ4v) is 2.94. The third-order valence-corrected chi connectivity index (χ3v) is 4.21. The Morgan fingerprint density at radius 2 is 2.06 bits per heavy atom. The van der Waals surface area contributed by atoms with E-state index in [9.17, 15) is 13.2 Å². The topological polar surface area (TPSA) is 54.5 Å². The van der Waals surface area contributed by atoms with Crippen LogP contribution in [0.4, 0.5) is 5.69 Å². The fraction of sp³-hybridized carbons (Fsp3) is 0.417. The number of hydrogen-bond donors (Lipinski definition) is 0. The van der Waals surface area contributed by atoms with Crippen LogP contribution in [0.25, 0.3) is 0 Å². The van der Waals surface area contributed by atoms with Crippen molar-refractivity contribution in [1.29, 1.82) is 0 Å². The summed E-state index contributed by atoms with van der Waals surface area (Å²) in [7, 11) is 1.60. The number of carbonyl (C=O) groups is 1. The van der Waals surface area contributed by atoms with Gasteiger partial charge in [-0.25, -0.2) is 8.42 Å². The molecule has 2 rings (SSSR count). The van der Waals surface area contributed by atoms with Crippen LogP contribution in [0.3, 0.4) is 0 Å². The summed E-state index contributed by atoms with van der Waals surface area (Å²) in [5, 5.41) is 0. The number of rotatable bonds is 4. The van der Waals surface area contributed by atoms with Gasteiger partial charge in [-0.1, -0.05) is 18.2 Å². The Morgan fingerprint density at radius 1 is 1.33 bits per heavy atom. The van der Waals surface area contributed by atoms with Gasteiger partial charge in [-0.2, -0.15) is 0 Å². The lowest BCUT2D eigenvalue weighted by molar-refractivity contribution is -0.118. The van der Waals surface area contributed by atoms with Crippen molar-refractivity contribution in [3.05, 3.63) is 29.8 Å². The Hall–Kier alpha value is -1.07. The normalized spacial score (nSPS) is 14.6. The van der Waals surface area contributed by atoms with Crippen LogP contribution in [0.5, 0.6) is 0 Å². The van der Waals surface area contributed by atoms with Gasteiger partial charge < -0.3 is 4.90 Å². The zero-order valence-corrected chi connectivity index (χ0v) is 11.4. The molecule has 0 bridgehead atoms. The van der Waals surface area contributed by atoms with E-state index in [2.05, 4.69) is 0 Å². The minimum Gasteiger partial charge on any atom is -0.312 e. The zero-order valence-electron chi connectivity index (χ0n) is 9.80. The third kappa shape index (κ3) is 3.23. The standard InChI is InChI=1S/C12H14ClNO3S/c13-18(16,17)9-3-6-12(15)14-8-7-10-4-1-2-5-11(10)14/h1-2,4-5H,3,6-9H2. The molecule has 0 spiro atoms. The van der Waals surface area contributed by atoms with E-state index in [-0.39, 0.29) is 24.5 Å². The van der Waals surface area contributed by atoms with E-state index in [0.29, 0.717) is 6.54 Å². The third-order valence-electron chi connectivity index (χ3n) is 2.97. The highest BCUT2D eigenvalue weighted by Gasteiger charge is 2.23. The number of halogens is 1. The Kier molecular flexibility index (Phi) is 3.92. The summed E-state index contributed by atoms with van der Waals surface area (Å²) in [4.78, 5) is 13.7. The van der Waals surface area contributed by atoms with Crippen molar-refractivity contribution < 1.29 is 13.2 Å². The smallest absolute Gasteiger partial charge is 0.232 e. The van der Waals surface area contributed by atoms with E-state index in [1.165, 1.54) is 0 Å². The molecule has 0 radical (unpaired) electrons. The monoisotopic (exact) mass is 287 g/mol. The Bertz CT molecular complexity index is 556. The molecule has 0 saturated carbocycles. The highest BCUT2D eigenvalue weighted by atomic mass is 35.7. The quantitative estimate of drug-likeness (QED) is 0.795. The van der Waals surface area contributed by atoms with Gasteiger partial charge in [0.1, 0.15) is 0 Å². The minimum atomic E-state index is -3.50. The lowest BCUT2D eigenvalue weighted by Crippen LogP contribution is -2.28. The van der Waals surface area contributed by atoms with Crippen LogP contribution in [0.2, 0.25) is 0 Å². The number of carbonyl (C=O) groups excluding carboxylic acids is 1. The molecule has 0 aliphatic carbocycles. The second-order valence-electron chi connectivity index (χ2n) is 4.27. The van der Waals surface area contributed by atoms with Gasteiger partial charge in [-0.3, -0.25) is 4.79 Å². The highest BCUT2D eigenvalue weighted by molar-refractivity contribution is 8.13. The summed E-state index contributed by atoms with van der Waals surface area (Å²) in [5.74, 6) is -0.198. The molecule has 1 heterocycles. The van der Waals surface area contributed by atoms with E-state index in [4.69, 9.17) is 10.7 Å². The molecular weight excluding hydrogens is 274 g/mol. The van der Waals surface area contributed by atoms with E-state index >= 15 is 0 Å². The maximum absolute atomic E-state index is 12.0. The predicted molar refractivity (Wildman–Crippen MR) is 71.4 cm³/mol. The van der Waals surface area contributed by atoms with Crippen molar-refractivity contribution in [2.24, 2.45) is 0 Å². The fourth-order valence-electron chi connectivity index (χ4n) is 2.13. The molecule has 18 heavy (non-hydrogen) atoms. The summed E-state index contributed by atoms with van der Waals surface area (Å²) in [6.07, 6.45) is 1.33. The molecule has 1 amide bonds. The average molecular weight is 288 g/mol. The summed E-state index contributed by atoms with van der Waals surface area (Å²) in [5.41, 5.74) is 2.10. The second-order valence-corrected chi connectivity index (χ2v) is 7.17. The molecule has 0 fully saturated rings. The first-order valence-corrected chi connectivity index (χ1v) is 8.26. The second kappa shape index (κ2) is 5.28. The maximum Gasteiger partial charge on any atom is 0.232 e. The molecule has 1 aromatic carbocycles. The van der Waals surface area contributed by atoms with E-state index < -0.39 is 9.05 Å². The number of para-hydroxylation sites is 1. The first kappa shape index (κ1) is 13.4. The Balaban J connectivity index is 1.96. The molecule has 0 N–H and O–H groups in total. The molecule has 98 valence electrons. The summed E-state index contributed by atoms with van der Waals surface area (Å²) in [6.45, 7) is 0.672. The molecular formula is C12H14ClNO3S. The first-order chi connectivity index (χ1) is 8.47. The van der Waals surface area contributed by atoms with Gasteiger partial charge in [-0.05, 0) is 24.5 Å². The molecule has 6 heteroatoms. The van der Waals surface area contributed by atoms with Gasteiger partial charge in [0.2, 0.25) is 15.0 Å². The Labute approximate surface area is 111 Å². The average Bonchev–Trinajstić information content (AvgIpc) is 2.70. The van der Waals surface area contributed by atoms with Gasteiger partial charge in [0.15, 0.2) is 0 Å². The molecule has 0 unspecified atom stereocenters. The van der Waals surface area contributed by atoms with Gasteiger partial charge in [0.05, 0.1) is 5.75 Å². The summed E-state index contributed by atoms with van der Waals surface area (Å²) >= 11 is 0. The lowest BCUT2D eigenvalue weighted by atomic mass is 10.2. The zero-order chi connectivity index (χ0) is 13.2. The maximum atomic E-state index is 12.0. The minimum absolute atomic E-state index is 0.0414. The predicted octanol–water partition coefficient (Wildman–Crippen LogP) is 1.92. The summed E-state index contributed by atoms with van der Waals surface area (Å²) < 4.78 is 21.5. The molecule has 1 aliphatic heterocycles. The molecule has 4 nitrogen and oxygen atoms in total. The van der Waals surface area contributed by atoms with Crippen molar-refractivity contribution in [3.8, 4) is 0 Å². The SMILES string of the molecule is O=C(CCCS(=O)(=O)Cl)N1CCc2ccccc21. The Morgan fingerprint density at radius 3 is 2.78 bits per heavy atom. The van der Waals surface area contributed by atoms with Gasteiger partial charge in [0, 0.05) is 29.3 Å². The largest absolute Gasteiger partial charge is 0.312 e. The van der Waals surface area contributed by atoms with Crippen LogP contribution in [0.1, 0.15) is 18.4 Å². The molecule has 0 saturated heterocycles. The van der Waals surface area contributed by atoms with Crippen LogP contribution in [-0.2, 0) is 20.3 Å². The van der Waals surface area contributed by atoms with Crippen LogP contribution in [0.15, 0.2) is 24.3 Å². The van der Waals surface area contributed by atoms with Crippen LogP contribution in [0, 0.1) is 0 Å². The van der Waals surface area contributed by atoms with E-state index in [0.717, 1.165) is 17.7 Å². The number of fused-ring (bicyclic) bond motifs is 1. The highest BCUT2D eigenvalue weighted by Crippen LogP contribution is 2.28. The van der Waals surface area contributed by atoms with E-state index in [1.807, 2.05) is 24.3 Å². The number of nitrogens with zero attached hydrogens (tertiary/aromatic N) is 1. The van der Waals surface area contributed by atoms with Crippen molar-refractivity contribution in [2.75, 3.05) is 17.2 Å². The van der Waals surface area contributed by atoms with Crippen LogP contribution >= 0.6 is 10.7 Å². The molecule has 1 aliphatic rings. The van der Waals surface area contributed by atoms with Crippen molar-refractivity contribution in [1.82, 2.24) is 0 Å².